The van der Waals surface area contributed by atoms with Crippen molar-refractivity contribution in [1.82, 2.24) is 0 Å². The van der Waals surface area contributed by atoms with Crippen molar-refractivity contribution < 1.29 is 8.42 Å². The van der Waals surface area contributed by atoms with E-state index in [0.717, 1.165) is 12.1 Å². The Morgan fingerprint density at radius 1 is 1.28 bits per heavy atom. The fourth-order valence-electron chi connectivity index (χ4n) is 2.20. The van der Waals surface area contributed by atoms with Crippen LogP contribution in [0.4, 0.5) is 5.69 Å². The van der Waals surface area contributed by atoms with Gasteiger partial charge in [-0.2, -0.15) is 0 Å². The average Bonchev–Trinajstić information content (AvgIpc) is 2.28. The summed E-state index contributed by atoms with van der Waals surface area (Å²) >= 11 is 0. The van der Waals surface area contributed by atoms with Crippen LogP contribution in [0, 0.1) is 5.41 Å². The highest BCUT2D eigenvalue weighted by molar-refractivity contribution is 7.90. The molecule has 0 radical (unpaired) electrons. The average molecular weight is 268 g/mol. The monoisotopic (exact) mass is 268 g/mol. The zero-order valence-electron chi connectivity index (χ0n) is 11.0. The largest absolute Gasteiger partial charge is 0.382 e. The first-order valence-corrected chi connectivity index (χ1v) is 7.92. The van der Waals surface area contributed by atoms with Crippen LogP contribution < -0.4 is 11.1 Å². The summed E-state index contributed by atoms with van der Waals surface area (Å²) in [6.45, 7) is 4.29. The predicted octanol–water partition coefficient (Wildman–Crippen LogP) is 1.63. The van der Waals surface area contributed by atoms with Crippen molar-refractivity contribution in [2.24, 2.45) is 11.1 Å². The molecule has 1 fully saturated rings. The predicted molar refractivity (Wildman–Crippen MR) is 73.3 cm³/mol. The highest BCUT2D eigenvalue weighted by Crippen LogP contribution is 2.40. The summed E-state index contributed by atoms with van der Waals surface area (Å²) in [7, 11) is -3.12. The lowest BCUT2D eigenvalue weighted by Crippen LogP contribution is -2.61. The van der Waals surface area contributed by atoms with E-state index in [1.54, 1.807) is 24.3 Å². The van der Waals surface area contributed by atoms with Crippen molar-refractivity contribution in [2.45, 2.75) is 37.2 Å². The lowest BCUT2D eigenvalue weighted by molar-refractivity contribution is 0.117. The molecule has 0 amide bonds. The van der Waals surface area contributed by atoms with Crippen molar-refractivity contribution in [2.75, 3.05) is 11.6 Å². The van der Waals surface area contributed by atoms with Crippen LogP contribution in [0.15, 0.2) is 29.2 Å². The lowest BCUT2D eigenvalue weighted by Gasteiger charge is -2.51. The Morgan fingerprint density at radius 2 is 1.83 bits per heavy atom. The molecule has 2 unspecified atom stereocenters. The number of nitrogens with one attached hydrogen (secondary N) is 1. The number of nitrogens with two attached hydrogens (primary N) is 1. The first kappa shape index (κ1) is 13.4. The van der Waals surface area contributed by atoms with Crippen LogP contribution in [0.5, 0.6) is 0 Å². The number of benzene rings is 1. The Morgan fingerprint density at radius 3 is 2.22 bits per heavy atom. The Labute approximate surface area is 108 Å². The van der Waals surface area contributed by atoms with Crippen molar-refractivity contribution in [3.63, 3.8) is 0 Å². The Hall–Kier alpha value is -1.07. The van der Waals surface area contributed by atoms with Gasteiger partial charge in [-0.15, -0.1) is 0 Å². The van der Waals surface area contributed by atoms with Crippen LogP contribution in [0.2, 0.25) is 0 Å². The van der Waals surface area contributed by atoms with Crippen molar-refractivity contribution in [3.05, 3.63) is 24.3 Å². The van der Waals surface area contributed by atoms with Crippen LogP contribution in [-0.2, 0) is 9.84 Å². The van der Waals surface area contributed by atoms with Gasteiger partial charge in [0.2, 0.25) is 0 Å². The van der Waals surface area contributed by atoms with Crippen molar-refractivity contribution in [1.29, 1.82) is 0 Å². The number of sulfone groups is 1. The highest BCUT2D eigenvalue weighted by atomic mass is 32.2. The molecule has 100 valence electrons. The lowest BCUT2D eigenvalue weighted by atomic mass is 9.63. The van der Waals surface area contributed by atoms with Gasteiger partial charge in [0, 0.05) is 29.4 Å². The Balaban J connectivity index is 2.09. The van der Waals surface area contributed by atoms with E-state index in [1.807, 2.05) is 0 Å². The van der Waals surface area contributed by atoms with Gasteiger partial charge in [-0.25, -0.2) is 8.42 Å². The van der Waals surface area contributed by atoms with Gasteiger partial charge in [-0.05, 0) is 30.7 Å². The van der Waals surface area contributed by atoms with Crippen molar-refractivity contribution in [3.8, 4) is 0 Å². The van der Waals surface area contributed by atoms with Crippen LogP contribution >= 0.6 is 0 Å². The molecular weight excluding hydrogens is 248 g/mol. The Kier molecular flexibility index (Phi) is 3.15. The summed E-state index contributed by atoms with van der Waals surface area (Å²) in [5, 5.41) is 3.40. The summed E-state index contributed by atoms with van der Waals surface area (Å²) in [5.41, 5.74) is 6.98. The molecule has 0 heterocycles. The van der Waals surface area contributed by atoms with Crippen LogP contribution in [0.1, 0.15) is 20.3 Å². The van der Waals surface area contributed by atoms with Gasteiger partial charge in [0.05, 0.1) is 4.90 Å². The minimum Gasteiger partial charge on any atom is -0.382 e. The number of anilines is 1. The summed E-state index contributed by atoms with van der Waals surface area (Å²) in [4.78, 5) is 0.345. The molecule has 1 aliphatic rings. The maximum atomic E-state index is 11.3. The van der Waals surface area contributed by atoms with Crippen molar-refractivity contribution >= 4 is 15.5 Å². The van der Waals surface area contributed by atoms with E-state index in [0.29, 0.717) is 10.9 Å². The van der Waals surface area contributed by atoms with E-state index in [-0.39, 0.29) is 11.5 Å². The maximum Gasteiger partial charge on any atom is 0.175 e. The van der Waals surface area contributed by atoms with E-state index in [2.05, 4.69) is 19.2 Å². The molecule has 0 saturated heterocycles. The molecule has 0 bridgehead atoms. The normalized spacial score (nSPS) is 26.4. The number of hydrogen-bond acceptors (Lipinski definition) is 4. The molecule has 1 aromatic rings. The first-order chi connectivity index (χ1) is 8.21. The fourth-order valence-corrected chi connectivity index (χ4v) is 2.83. The van der Waals surface area contributed by atoms with Crippen LogP contribution in [-0.4, -0.2) is 26.8 Å². The number of rotatable bonds is 3. The van der Waals surface area contributed by atoms with E-state index in [9.17, 15) is 8.42 Å². The van der Waals surface area contributed by atoms with Gasteiger partial charge in [-0.1, -0.05) is 13.8 Å². The van der Waals surface area contributed by atoms with Crippen LogP contribution in [0.25, 0.3) is 0 Å². The molecular formula is C13H20N2O2S. The third-order valence-electron chi connectivity index (χ3n) is 3.97. The first-order valence-electron chi connectivity index (χ1n) is 6.03. The topological polar surface area (TPSA) is 72.2 Å². The minimum atomic E-state index is -3.12. The molecule has 1 saturated carbocycles. The number of hydrogen-bond donors (Lipinski definition) is 2. The molecule has 0 aromatic heterocycles. The van der Waals surface area contributed by atoms with E-state index in [1.165, 1.54) is 6.26 Å². The molecule has 0 spiro atoms. The van der Waals surface area contributed by atoms with E-state index >= 15 is 0 Å². The molecule has 4 nitrogen and oxygen atoms in total. The molecule has 2 atom stereocenters. The zero-order valence-corrected chi connectivity index (χ0v) is 11.8. The second kappa shape index (κ2) is 4.24. The SMILES string of the molecule is CC1(C)C(N)CC1Nc1ccc(S(C)(=O)=O)cc1. The van der Waals surface area contributed by atoms with Gasteiger partial charge in [-0.3, -0.25) is 0 Å². The highest BCUT2D eigenvalue weighted by Gasteiger charge is 2.45. The smallest absolute Gasteiger partial charge is 0.175 e. The van der Waals surface area contributed by atoms with E-state index < -0.39 is 9.84 Å². The second-order valence-corrected chi connectivity index (χ2v) is 7.67. The van der Waals surface area contributed by atoms with Crippen LogP contribution in [0.3, 0.4) is 0 Å². The third kappa shape index (κ3) is 2.37. The van der Waals surface area contributed by atoms with Gasteiger partial charge in [0.1, 0.15) is 0 Å². The molecule has 2 rings (SSSR count). The molecule has 5 heteroatoms. The second-order valence-electron chi connectivity index (χ2n) is 5.66. The zero-order chi connectivity index (χ0) is 13.6. The molecule has 18 heavy (non-hydrogen) atoms. The van der Waals surface area contributed by atoms with Gasteiger partial charge in [0.15, 0.2) is 9.84 Å². The summed E-state index contributed by atoms with van der Waals surface area (Å²) < 4.78 is 22.7. The molecule has 1 aliphatic carbocycles. The minimum absolute atomic E-state index is 0.0789. The summed E-state index contributed by atoms with van der Waals surface area (Å²) in [5.74, 6) is 0. The fraction of sp³-hybridized carbons (Fsp3) is 0.538. The quantitative estimate of drug-likeness (QED) is 0.874. The third-order valence-corrected chi connectivity index (χ3v) is 5.10. The maximum absolute atomic E-state index is 11.3. The Bertz CT molecular complexity index is 535. The molecule has 1 aromatic carbocycles. The van der Waals surface area contributed by atoms with E-state index in [4.69, 9.17) is 5.73 Å². The van der Waals surface area contributed by atoms with Gasteiger partial charge >= 0.3 is 0 Å². The molecule has 3 N–H and O–H groups in total. The summed E-state index contributed by atoms with van der Waals surface area (Å²) in [6.07, 6.45) is 2.16. The standard InChI is InChI=1S/C13H20N2O2S/c1-13(2)11(14)8-12(13)15-9-4-6-10(7-5-9)18(3,16)17/h4-7,11-12,15H,8,14H2,1-3H3. The van der Waals surface area contributed by atoms with Gasteiger partial charge in [0.25, 0.3) is 0 Å². The summed E-state index contributed by atoms with van der Waals surface area (Å²) in [6, 6.07) is 7.43. The van der Waals surface area contributed by atoms with Gasteiger partial charge < -0.3 is 11.1 Å². The molecule has 0 aliphatic heterocycles.